The van der Waals surface area contributed by atoms with Gasteiger partial charge in [0.05, 0.1) is 0 Å². The first-order valence-electron chi connectivity index (χ1n) is 7.93. The van der Waals surface area contributed by atoms with E-state index < -0.39 is 23.5 Å². The Morgan fingerprint density at radius 2 is 1.04 bits per heavy atom. The molecule has 0 unspecified atom stereocenters. The van der Waals surface area contributed by atoms with Crippen molar-refractivity contribution < 1.29 is 0 Å². The van der Waals surface area contributed by atoms with Gasteiger partial charge in [-0.3, -0.25) is 0 Å². The first-order valence-corrected chi connectivity index (χ1v) is 15.8. The molecular weight excluding hydrogens is 450 g/mol. The third-order valence-corrected chi connectivity index (χ3v) is 19.3. The van der Waals surface area contributed by atoms with E-state index in [0.29, 0.717) is 0 Å². The van der Waals surface area contributed by atoms with E-state index in [1.807, 2.05) is 55.6 Å². The second kappa shape index (κ2) is 7.39. The van der Waals surface area contributed by atoms with Crippen molar-refractivity contribution in [1.82, 2.24) is 0 Å². The lowest BCUT2D eigenvalue weighted by atomic mass is 10.2. The van der Waals surface area contributed by atoms with Crippen LogP contribution in [-0.2, 0) is 3.96 Å². The van der Waals surface area contributed by atoms with Crippen LogP contribution in [0.2, 0.25) is 26.2 Å². The van der Waals surface area contributed by atoms with Crippen molar-refractivity contribution in [3.8, 4) is 0 Å². The third kappa shape index (κ3) is 4.11. The summed E-state index contributed by atoms with van der Waals surface area (Å²) in [5.74, 6) is 0. The average Bonchev–Trinajstić information content (AvgIpc) is 2.54. The summed E-state index contributed by atoms with van der Waals surface area (Å²) in [6, 6.07) is 18.2. The highest BCUT2D eigenvalue weighted by atomic mass is 35.6. The summed E-state index contributed by atoms with van der Waals surface area (Å²) in [6.45, 7) is 8.42. The number of halogens is 5. The molecule has 0 nitrogen and oxygen atoms in total. The predicted molar refractivity (Wildman–Crippen MR) is 121 cm³/mol. The molecule has 0 saturated heterocycles. The lowest BCUT2D eigenvalue weighted by molar-refractivity contribution is 1.17. The van der Waals surface area contributed by atoms with Crippen molar-refractivity contribution in [2.24, 2.45) is 0 Å². The summed E-state index contributed by atoms with van der Waals surface area (Å²) in [7, 11) is -4.44. The molecule has 2 aromatic carbocycles. The van der Waals surface area contributed by atoms with Crippen LogP contribution in [0.15, 0.2) is 54.6 Å². The van der Waals surface area contributed by atoms with E-state index in [4.69, 9.17) is 58.0 Å². The molecule has 0 atom stereocenters. The van der Waals surface area contributed by atoms with Gasteiger partial charge in [0.25, 0.3) is 0 Å². The first-order chi connectivity index (χ1) is 11.3. The van der Waals surface area contributed by atoms with Gasteiger partial charge in [0, 0.05) is 0 Å². The van der Waals surface area contributed by atoms with Gasteiger partial charge in [0.2, 0.25) is 0 Å². The Morgan fingerprint density at radius 3 is 1.48 bits per heavy atom. The molecule has 0 bridgehead atoms. The molecule has 25 heavy (non-hydrogen) atoms. The van der Waals surface area contributed by atoms with Gasteiger partial charge in [0.1, 0.15) is 20.1 Å². The van der Waals surface area contributed by atoms with Crippen LogP contribution in [0.5, 0.6) is 0 Å². The van der Waals surface area contributed by atoms with E-state index >= 15 is 0 Å². The van der Waals surface area contributed by atoms with Gasteiger partial charge in [-0.2, -0.15) is 0 Å². The highest BCUT2D eigenvalue weighted by Crippen LogP contribution is 2.43. The van der Waals surface area contributed by atoms with E-state index in [-0.39, 0.29) is 0 Å². The monoisotopic (exact) mass is 468 g/mol. The van der Waals surface area contributed by atoms with Gasteiger partial charge in [-0.25, -0.2) is 0 Å². The van der Waals surface area contributed by atoms with Crippen LogP contribution in [0, 0.1) is 0 Å². The standard InChI is InChI=1S/C18H21Cl5Si2/c1-24(2,15-8-6-5-7-9-15)17(19,20)14-10-12-16(13-11-14)25(3,4)18(21,22)23/h5-13H,1-4H3. The number of rotatable bonds is 4. The molecule has 0 N–H and O–H groups in total. The number of alkyl halides is 5. The van der Waals surface area contributed by atoms with Crippen molar-refractivity contribution in [1.29, 1.82) is 0 Å². The van der Waals surface area contributed by atoms with Crippen LogP contribution in [0.4, 0.5) is 0 Å². The second-order valence-corrected chi connectivity index (χ2v) is 21.6. The van der Waals surface area contributed by atoms with Crippen LogP contribution in [-0.4, -0.2) is 19.6 Å². The smallest absolute Gasteiger partial charge is 0.100 e. The molecule has 0 spiro atoms. The fourth-order valence-electron chi connectivity index (χ4n) is 2.66. The highest BCUT2D eigenvalue weighted by Gasteiger charge is 2.48. The summed E-state index contributed by atoms with van der Waals surface area (Å²) >= 11 is 32.4. The van der Waals surface area contributed by atoms with Crippen molar-refractivity contribution in [3.05, 3.63) is 60.2 Å². The van der Waals surface area contributed by atoms with Gasteiger partial charge in [-0.15, -0.1) is 23.2 Å². The lowest BCUT2D eigenvalue weighted by Crippen LogP contribution is -2.55. The Balaban J connectivity index is 2.42. The van der Waals surface area contributed by atoms with Crippen molar-refractivity contribution >= 4 is 84.5 Å². The Hall–Kier alpha value is 0.324. The van der Waals surface area contributed by atoms with Gasteiger partial charge >= 0.3 is 0 Å². The third-order valence-electron chi connectivity index (χ3n) is 4.96. The molecule has 0 aliphatic rings. The summed E-state index contributed by atoms with van der Waals surface area (Å²) in [5.41, 5.74) is 0.884. The molecule has 0 heterocycles. The SMILES string of the molecule is C[Si](C)(c1ccc(C(Cl)(Cl)[Si](C)(C)c2ccccc2)cc1)C(Cl)(Cl)Cl. The first kappa shape index (κ1) is 21.6. The number of benzene rings is 2. The van der Waals surface area contributed by atoms with Gasteiger partial charge in [-0.05, 0) is 5.56 Å². The lowest BCUT2D eigenvalue weighted by Gasteiger charge is -2.37. The quantitative estimate of drug-likeness (QED) is 0.363. The molecule has 7 heteroatoms. The van der Waals surface area contributed by atoms with Crippen LogP contribution in [0.25, 0.3) is 0 Å². The van der Waals surface area contributed by atoms with Crippen LogP contribution in [0.1, 0.15) is 5.56 Å². The Kier molecular flexibility index (Phi) is 6.39. The predicted octanol–water partition coefficient (Wildman–Crippen LogP) is 6.30. The molecular formula is C18H21Cl5Si2. The Labute approximate surface area is 177 Å². The zero-order valence-electron chi connectivity index (χ0n) is 14.6. The van der Waals surface area contributed by atoms with E-state index in [1.165, 1.54) is 5.19 Å². The van der Waals surface area contributed by atoms with Gasteiger partial charge in [-0.1, -0.05) is 126 Å². The fourth-order valence-corrected chi connectivity index (χ4v) is 8.15. The fraction of sp³-hybridized carbons (Fsp3) is 0.333. The van der Waals surface area contributed by atoms with E-state index in [0.717, 1.165) is 10.8 Å². The molecule has 0 radical (unpaired) electrons. The van der Waals surface area contributed by atoms with E-state index in [1.54, 1.807) is 0 Å². The molecule has 0 aromatic heterocycles. The molecule has 0 fully saturated rings. The van der Waals surface area contributed by atoms with Crippen LogP contribution in [0.3, 0.4) is 0 Å². The summed E-state index contributed by atoms with van der Waals surface area (Å²) in [6.07, 6.45) is 0. The van der Waals surface area contributed by atoms with E-state index in [2.05, 4.69) is 25.2 Å². The normalized spacial score (nSPS) is 13.8. The summed E-state index contributed by atoms with van der Waals surface area (Å²) in [5, 5.41) is 2.26. The average molecular weight is 471 g/mol. The maximum atomic E-state index is 6.90. The molecule has 0 aliphatic carbocycles. The number of hydrogen-bond acceptors (Lipinski definition) is 0. The van der Waals surface area contributed by atoms with Crippen LogP contribution < -0.4 is 10.4 Å². The maximum Gasteiger partial charge on any atom is 0.180 e. The molecule has 2 aromatic rings. The van der Waals surface area contributed by atoms with Crippen LogP contribution >= 0.6 is 58.0 Å². The minimum absolute atomic E-state index is 0.884. The minimum atomic E-state index is -2.25. The maximum absolute atomic E-state index is 6.90. The van der Waals surface area contributed by atoms with Crippen molar-refractivity contribution in [2.75, 3.05) is 0 Å². The molecule has 2 rings (SSSR count). The molecule has 0 saturated carbocycles. The topological polar surface area (TPSA) is 0 Å². The Bertz CT molecular complexity index is 719. The summed E-state index contributed by atoms with van der Waals surface area (Å²) in [4.78, 5) is 0. The van der Waals surface area contributed by atoms with Gasteiger partial charge < -0.3 is 0 Å². The second-order valence-electron chi connectivity index (χ2n) is 7.27. The zero-order valence-corrected chi connectivity index (χ0v) is 20.4. The van der Waals surface area contributed by atoms with Gasteiger partial charge in [0.15, 0.2) is 3.42 Å². The minimum Gasteiger partial charge on any atom is -0.100 e. The molecule has 136 valence electrons. The zero-order chi connectivity index (χ0) is 19.1. The largest absolute Gasteiger partial charge is 0.180 e. The number of hydrogen-bond donors (Lipinski definition) is 0. The highest BCUT2D eigenvalue weighted by molar-refractivity contribution is 7.10. The summed E-state index contributed by atoms with van der Waals surface area (Å²) < 4.78 is -2.23. The van der Waals surface area contributed by atoms with Crippen molar-refractivity contribution in [3.63, 3.8) is 0 Å². The Morgan fingerprint density at radius 1 is 0.600 bits per heavy atom. The van der Waals surface area contributed by atoms with E-state index in [9.17, 15) is 0 Å². The molecule has 0 aliphatic heterocycles. The van der Waals surface area contributed by atoms with Crippen molar-refractivity contribution in [2.45, 2.75) is 33.6 Å². The molecule has 0 amide bonds.